The van der Waals surface area contributed by atoms with Gasteiger partial charge >= 0.3 is 0 Å². The van der Waals surface area contributed by atoms with E-state index >= 15 is 0 Å². The summed E-state index contributed by atoms with van der Waals surface area (Å²) >= 11 is 17.4. The van der Waals surface area contributed by atoms with Gasteiger partial charge in [0, 0.05) is 28.4 Å². The summed E-state index contributed by atoms with van der Waals surface area (Å²) in [5.74, 6) is 0.143. The number of ether oxygens (including phenoxy) is 1. The quantitative estimate of drug-likeness (QED) is 0.180. The molecule has 0 saturated heterocycles. The summed E-state index contributed by atoms with van der Waals surface area (Å²) in [6.07, 6.45) is -0.290. The molecule has 0 radical (unpaired) electrons. The van der Waals surface area contributed by atoms with Gasteiger partial charge in [-0.15, -0.1) is 10.2 Å². The standard InChI is InChI=1S/C22H16Cl2N8O4S/c23-13-5-10-19(17(24)11-13)36-18-4-2-1-3-16(18)22(28-30-31-29-22)12-20(33)26-27-21(37)25-14-6-8-15(9-7-14)32(34)35/h1-11H,12H2,(H,26,33)(H2,25,27,37). The lowest BCUT2D eigenvalue weighted by molar-refractivity contribution is -0.384. The lowest BCUT2D eigenvalue weighted by Crippen LogP contribution is -2.45. The van der Waals surface area contributed by atoms with Crippen LogP contribution in [0.5, 0.6) is 11.5 Å². The Labute approximate surface area is 224 Å². The van der Waals surface area contributed by atoms with Crippen LogP contribution in [0, 0.1) is 10.1 Å². The number of carbonyl (C=O) groups is 1. The zero-order valence-electron chi connectivity index (χ0n) is 18.6. The maximum absolute atomic E-state index is 12.8. The van der Waals surface area contributed by atoms with Crippen LogP contribution >= 0.6 is 35.4 Å². The number of nitrogens with one attached hydrogen (secondary N) is 3. The maximum Gasteiger partial charge on any atom is 0.269 e. The fraction of sp³-hybridized carbons (Fsp3) is 0.0909. The molecule has 0 aliphatic carbocycles. The summed E-state index contributed by atoms with van der Waals surface area (Å²) in [6.45, 7) is 0. The monoisotopic (exact) mass is 558 g/mol. The SMILES string of the molecule is O=C(CC1(c2ccccc2Oc2ccc(Cl)cc2Cl)N=NN=N1)NNC(=S)Nc1ccc([N+](=O)[O-])cc1. The van der Waals surface area contributed by atoms with Crippen LogP contribution < -0.4 is 20.9 Å². The van der Waals surface area contributed by atoms with Gasteiger partial charge in [0.15, 0.2) is 5.11 Å². The molecule has 0 fully saturated rings. The highest BCUT2D eigenvalue weighted by atomic mass is 35.5. The number of hydrogen-bond donors (Lipinski definition) is 3. The van der Waals surface area contributed by atoms with Crippen LogP contribution in [0.3, 0.4) is 0 Å². The Morgan fingerprint density at radius 1 is 1.00 bits per heavy atom. The number of nitrogens with zero attached hydrogens (tertiary/aromatic N) is 5. The average molecular weight is 559 g/mol. The highest BCUT2D eigenvalue weighted by Gasteiger charge is 2.41. The summed E-state index contributed by atoms with van der Waals surface area (Å²) in [5.41, 5.74) is 4.37. The van der Waals surface area contributed by atoms with Crippen LogP contribution in [0.15, 0.2) is 87.4 Å². The number of benzene rings is 3. The third-order valence-corrected chi connectivity index (χ3v) is 5.69. The second kappa shape index (κ2) is 11.2. The number of carbonyl (C=O) groups excluding carboxylic acids is 1. The van der Waals surface area contributed by atoms with Crippen molar-refractivity contribution in [1.29, 1.82) is 0 Å². The minimum absolute atomic E-state index is 0.0482. The highest BCUT2D eigenvalue weighted by Crippen LogP contribution is 2.43. The minimum atomic E-state index is -1.49. The largest absolute Gasteiger partial charge is 0.455 e. The zero-order valence-corrected chi connectivity index (χ0v) is 20.9. The van der Waals surface area contributed by atoms with Crippen molar-refractivity contribution in [2.75, 3.05) is 5.32 Å². The molecule has 0 atom stereocenters. The van der Waals surface area contributed by atoms with E-state index in [1.807, 2.05) is 0 Å². The van der Waals surface area contributed by atoms with E-state index in [0.29, 0.717) is 32.8 Å². The molecule has 3 aromatic rings. The third kappa shape index (κ3) is 6.33. The number of non-ortho nitro benzene ring substituents is 1. The summed E-state index contributed by atoms with van der Waals surface area (Å²) < 4.78 is 5.99. The number of thiocarbonyl (C=S) groups is 1. The second-order valence-corrected chi connectivity index (χ2v) is 8.73. The normalized spacial score (nSPS) is 13.1. The van der Waals surface area contributed by atoms with E-state index in [2.05, 4.69) is 36.8 Å². The van der Waals surface area contributed by atoms with Gasteiger partial charge in [-0.25, -0.2) is 0 Å². The molecule has 1 heterocycles. The van der Waals surface area contributed by atoms with Crippen molar-refractivity contribution in [2.45, 2.75) is 12.1 Å². The molecule has 4 rings (SSSR count). The van der Waals surface area contributed by atoms with Gasteiger partial charge in [-0.05, 0) is 59.1 Å². The van der Waals surface area contributed by atoms with E-state index in [1.165, 1.54) is 24.3 Å². The topological polar surface area (TPSA) is 155 Å². The number of rotatable bonds is 7. The Hall–Kier alpha value is -4.20. The van der Waals surface area contributed by atoms with Crippen LogP contribution in [0.25, 0.3) is 0 Å². The molecule has 188 valence electrons. The molecule has 0 bridgehead atoms. The molecular formula is C22H16Cl2N8O4S. The molecule has 3 aromatic carbocycles. The highest BCUT2D eigenvalue weighted by molar-refractivity contribution is 7.80. The molecule has 0 spiro atoms. The first-order valence-electron chi connectivity index (χ1n) is 10.4. The van der Waals surface area contributed by atoms with E-state index in [-0.39, 0.29) is 17.2 Å². The molecule has 1 amide bonds. The second-order valence-electron chi connectivity index (χ2n) is 7.48. The van der Waals surface area contributed by atoms with Crippen LogP contribution in [-0.2, 0) is 10.5 Å². The van der Waals surface area contributed by atoms with Crippen molar-refractivity contribution in [3.63, 3.8) is 0 Å². The fourth-order valence-corrected chi connectivity index (χ4v) is 3.88. The molecule has 15 heteroatoms. The summed E-state index contributed by atoms with van der Waals surface area (Å²) in [6, 6.07) is 17.2. The van der Waals surface area contributed by atoms with Crippen LogP contribution in [-0.4, -0.2) is 15.9 Å². The van der Waals surface area contributed by atoms with E-state index in [4.69, 9.17) is 40.2 Å². The van der Waals surface area contributed by atoms with Crippen LogP contribution in [0.2, 0.25) is 10.0 Å². The number of para-hydroxylation sites is 1. The van der Waals surface area contributed by atoms with Crippen molar-refractivity contribution in [3.8, 4) is 11.5 Å². The molecule has 12 nitrogen and oxygen atoms in total. The first-order valence-corrected chi connectivity index (χ1v) is 11.6. The van der Waals surface area contributed by atoms with Gasteiger partial charge < -0.3 is 10.1 Å². The predicted octanol–water partition coefficient (Wildman–Crippen LogP) is 6.09. The first kappa shape index (κ1) is 25.9. The number of nitro groups is 1. The number of hydrazine groups is 1. The Morgan fingerprint density at radius 3 is 2.38 bits per heavy atom. The lowest BCUT2D eigenvalue weighted by atomic mass is 9.96. The Kier molecular flexibility index (Phi) is 7.86. The van der Waals surface area contributed by atoms with Gasteiger partial charge in [0.2, 0.25) is 11.6 Å². The van der Waals surface area contributed by atoms with Crippen molar-refractivity contribution in [2.24, 2.45) is 20.7 Å². The summed E-state index contributed by atoms with van der Waals surface area (Å²) in [4.78, 5) is 23.1. The Balaban J connectivity index is 1.44. The lowest BCUT2D eigenvalue weighted by Gasteiger charge is -2.23. The van der Waals surface area contributed by atoms with Gasteiger partial charge in [-0.2, -0.15) is 0 Å². The molecular weight excluding hydrogens is 543 g/mol. The Bertz CT molecular complexity index is 1410. The molecule has 37 heavy (non-hydrogen) atoms. The van der Waals surface area contributed by atoms with E-state index < -0.39 is 16.5 Å². The summed E-state index contributed by atoms with van der Waals surface area (Å²) in [7, 11) is 0. The van der Waals surface area contributed by atoms with E-state index in [1.54, 1.807) is 42.5 Å². The van der Waals surface area contributed by atoms with Gasteiger partial charge in [0.1, 0.15) is 11.5 Å². The molecule has 1 aliphatic rings. The molecule has 0 unspecified atom stereocenters. The van der Waals surface area contributed by atoms with Crippen molar-refractivity contribution in [1.82, 2.24) is 10.9 Å². The van der Waals surface area contributed by atoms with Crippen LogP contribution in [0.4, 0.5) is 11.4 Å². The molecule has 3 N–H and O–H groups in total. The van der Waals surface area contributed by atoms with Gasteiger partial charge in [-0.3, -0.25) is 25.8 Å². The molecule has 0 aromatic heterocycles. The number of anilines is 1. The van der Waals surface area contributed by atoms with E-state index in [0.717, 1.165) is 0 Å². The predicted molar refractivity (Wildman–Crippen MR) is 140 cm³/mol. The maximum atomic E-state index is 12.8. The number of halogens is 2. The van der Waals surface area contributed by atoms with Crippen molar-refractivity contribution < 1.29 is 14.5 Å². The Morgan fingerprint density at radius 2 is 1.70 bits per heavy atom. The smallest absolute Gasteiger partial charge is 0.269 e. The molecule has 0 saturated carbocycles. The number of nitro benzene ring substituents is 1. The van der Waals surface area contributed by atoms with E-state index in [9.17, 15) is 14.9 Å². The van der Waals surface area contributed by atoms with Crippen molar-refractivity contribution >= 4 is 57.8 Å². The van der Waals surface area contributed by atoms with Gasteiger partial charge in [0.05, 0.1) is 16.4 Å². The fourth-order valence-electron chi connectivity index (χ4n) is 3.27. The van der Waals surface area contributed by atoms with Gasteiger partial charge in [0.25, 0.3) is 5.69 Å². The average Bonchev–Trinajstić information content (AvgIpc) is 3.34. The first-order chi connectivity index (χ1) is 17.8. The van der Waals surface area contributed by atoms with Crippen LogP contribution in [0.1, 0.15) is 12.0 Å². The third-order valence-electron chi connectivity index (χ3n) is 4.95. The number of amides is 1. The summed E-state index contributed by atoms with van der Waals surface area (Å²) in [5, 5.41) is 29.8. The minimum Gasteiger partial charge on any atom is -0.455 e. The number of hydrogen-bond acceptors (Lipinski definition) is 9. The van der Waals surface area contributed by atoms with Crippen molar-refractivity contribution in [3.05, 3.63) is 92.5 Å². The zero-order chi connectivity index (χ0) is 26.4. The molecule has 1 aliphatic heterocycles. The van der Waals surface area contributed by atoms with Gasteiger partial charge in [-0.1, -0.05) is 41.4 Å².